The van der Waals surface area contributed by atoms with E-state index >= 15 is 0 Å². The highest BCUT2D eigenvalue weighted by Crippen LogP contribution is 2.32. The minimum absolute atomic E-state index is 0.292. The quantitative estimate of drug-likeness (QED) is 0.476. The van der Waals surface area contributed by atoms with Crippen molar-refractivity contribution < 1.29 is 19.8 Å². The molecule has 0 spiro atoms. The summed E-state index contributed by atoms with van der Waals surface area (Å²) in [5.74, 6) is -2.07. The third-order valence-electron chi connectivity index (χ3n) is 5.59. The molecule has 3 aromatic rings. The minimum atomic E-state index is -1.38. The van der Waals surface area contributed by atoms with E-state index in [9.17, 15) is 19.8 Å². The third kappa shape index (κ3) is 5.16. The van der Waals surface area contributed by atoms with E-state index < -0.39 is 29.7 Å². The van der Waals surface area contributed by atoms with Gasteiger partial charge in [-0.1, -0.05) is 60.3 Å². The molecule has 0 saturated heterocycles. The summed E-state index contributed by atoms with van der Waals surface area (Å²) < 4.78 is 0. The van der Waals surface area contributed by atoms with Gasteiger partial charge in [-0.3, -0.25) is 4.79 Å². The molecule has 7 nitrogen and oxygen atoms in total. The van der Waals surface area contributed by atoms with Crippen LogP contribution in [0.5, 0.6) is 0 Å². The number of carbonyl (C=O) groups is 2. The molecule has 1 aliphatic rings. The summed E-state index contributed by atoms with van der Waals surface area (Å²) in [7, 11) is 0. The van der Waals surface area contributed by atoms with Gasteiger partial charge in [-0.2, -0.15) is 0 Å². The van der Waals surface area contributed by atoms with Crippen LogP contribution in [0.4, 0.5) is 0 Å². The summed E-state index contributed by atoms with van der Waals surface area (Å²) in [6.45, 7) is 0. The SMILES string of the molecule is O=C(O)c1nc(-c2ccc(Cl)cc2)c(-c2ccc(Cl)cc2)nc1C(=O)N[C@@H]1CCCC[C@@H]1O. The Balaban J connectivity index is 1.85. The topological polar surface area (TPSA) is 112 Å². The minimum Gasteiger partial charge on any atom is -0.476 e. The van der Waals surface area contributed by atoms with Gasteiger partial charge in [0.2, 0.25) is 0 Å². The summed E-state index contributed by atoms with van der Waals surface area (Å²) in [4.78, 5) is 33.9. The number of amides is 1. The molecular formula is C24H21Cl2N3O4. The number of aromatic carboxylic acids is 1. The molecular weight excluding hydrogens is 465 g/mol. The molecule has 1 heterocycles. The number of aliphatic hydroxyl groups is 1. The van der Waals surface area contributed by atoms with Crippen LogP contribution in [0.1, 0.15) is 46.7 Å². The van der Waals surface area contributed by atoms with Gasteiger partial charge in [-0.05, 0) is 37.1 Å². The van der Waals surface area contributed by atoms with Crippen LogP contribution >= 0.6 is 23.2 Å². The van der Waals surface area contributed by atoms with Crippen LogP contribution in [-0.4, -0.2) is 44.2 Å². The third-order valence-corrected chi connectivity index (χ3v) is 6.10. The van der Waals surface area contributed by atoms with E-state index in [2.05, 4.69) is 15.3 Å². The fraction of sp³-hybridized carbons (Fsp3) is 0.250. The van der Waals surface area contributed by atoms with Crippen molar-refractivity contribution in [2.45, 2.75) is 37.8 Å². The van der Waals surface area contributed by atoms with Crippen LogP contribution < -0.4 is 5.32 Å². The van der Waals surface area contributed by atoms with Crippen molar-refractivity contribution in [1.82, 2.24) is 15.3 Å². The van der Waals surface area contributed by atoms with Crippen molar-refractivity contribution in [1.29, 1.82) is 0 Å². The van der Waals surface area contributed by atoms with Crippen molar-refractivity contribution in [2.75, 3.05) is 0 Å². The van der Waals surface area contributed by atoms with Crippen LogP contribution in [0.2, 0.25) is 10.0 Å². The Kier molecular flexibility index (Phi) is 6.93. The zero-order valence-electron chi connectivity index (χ0n) is 17.5. The number of carbonyl (C=O) groups excluding carboxylic acids is 1. The molecule has 1 aliphatic carbocycles. The average molecular weight is 486 g/mol. The lowest BCUT2D eigenvalue weighted by Crippen LogP contribution is -2.45. The first kappa shape index (κ1) is 23.2. The van der Waals surface area contributed by atoms with Crippen LogP contribution in [0, 0.1) is 0 Å². The number of halogens is 2. The predicted molar refractivity (Wildman–Crippen MR) is 126 cm³/mol. The van der Waals surface area contributed by atoms with Crippen molar-refractivity contribution in [3.63, 3.8) is 0 Å². The van der Waals surface area contributed by atoms with Gasteiger partial charge in [0.1, 0.15) is 0 Å². The largest absolute Gasteiger partial charge is 0.476 e. The fourth-order valence-electron chi connectivity index (χ4n) is 3.88. The lowest BCUT2D eigenvalue weighted by atomic mass is 9.92. The van der Waals surface area contributed by atoms with E-state index in [-0.39, 0.29) is 5.69 Å². The molecule has 2 aromatic carbocycles. The van der Waals surface area contributed by atoms with E-state index in [1.165, 1.54) is 0 Å². The summed E-state index contributed by atoms with van der Waals surface area (Å²) in [6.07, 6.45) is 2.24. The first-order chi connectivity index (χ1) is 15.8. The standard InChI is InChI=1S/C24H21Cl2N3O4/c25-15-9-5-13(6-10-15)19-20(14-7-11-16(26)12-8-14)29-22(24(32)33)21(28-19)23(31)27-17-3-1-2-4-18(17)30/h5-12,17-18,30H,1-4H2,(H,27,31)(H,32,33)/t17-,18+/m1/s1. The molecule has 1 aromatic heterocycles. The van der Waals surface area contributed by atoms with E-state index in [1.807, 2.05) is 0 Å². The second-order valence-corrected chi connectivity index (χ2v) is 8.74. The Hall–Kier alpha value is -3.00. The molecule has 4 rings (SSSR count). The molecule has 170 valence electrons. The van der Waals surface area contributed by atoms with Gasteiger partial charge in [0.15, 0.2) is 11.4 Å². The highest BCUT2D eigenvalue weighted by atomic mass is 35.5. The van der Waals surface area contributed by atoms with E-state index in [1.54, 1.807) is 48.5 Å². The van der Waals surface area contributed by atoms with Gasteiger partial charge in [0.05, 0.1) is 23.5 Å². The summed E-state index contributed by atoms with van der Waals surface area (Å²) >= 11 is 12.0. The number of hydrogen-bond donors (Lipinski definition) is 3. The van der Waals surface area contributed by atoms with Crippen molar-refractivity contribution >= 4 is 35.1 Å². The molecule has 33 heavy (non-hydrogen) atoms. The van der Waals surface area contributed by atoms with E-state index in [4.69, 9.17) is 23.2 Å². The van der Waals surface area contributed by atoms with Crippen molar-refractivity contribution in [3.05, 3.63) is 70.0 Å². The fourth-order valence-corrected chi connectivity index (χ4v) is 4.13. The second-order valence-electron chi connectivity index (χ2n) is 7.87. The Morgan fingerprint density at radius 1 is 0.818 bits per heavy atom. The zero-order chi connectivity index (χ0) is 23.5. The number of benzene rings is 2. The van der Waals surface area contributed by atoms with Crippen LogP contribution in [0.15, 0.2) is 48.5 Å². The van der Waals surface area contributed by atoms with Gasteiger partial charge in [-0.15, -0.1) is 0 Å². The number of hydrogen-bond acceptors (Lipinski definition) is 5. The molecule has 0 bridgehead atoms. The van der Waals surface area contributed by atoms with Crippen LogP contribution in [0.3, 0.4) is 0 Å². The highest BCUT2D eigenvalue weighted by molar-refractivity contribution is 6.31. The van der Waals surface area contributed by atoms with Crippen molar-refractivity contribution in [2.24, 2.45) is 0 Å². The molecule has 1 fully saturated rings. The molecule has 1 saturated carbocycles. The van der Waals surface area contributed by atoms with E-state index in [0.29, 0.717) is 45.4 Å². The maximum atomic E-state index is 13.1. The van der Waals surface area contributed by atoms with Gasteiger partial charge < -0.3 is 15.5 Å². The molecule has 9 heteroatoms. The van der Waals surface area contributed by atoms with Gasteiger partial charge >= 0.3 is 5.97 Å². The first-order valence-electron chi connectivity index (χ1n) is 10.5. The van der Waals surface area contributed by atoms with Gasteiger partial charge in [-0.25, -0.2) is 14.8 Å². The Bertz CT molecular complexity index is 1180. The smallest absolute Gasteiger partial charge is 0.357 e. The highest BCUT2D eigenvalue weighted by Gasteiger charge is 2.29. The average Bonchev–Trinajstić information content (AvgIpc) is 2.81. The normalized spacial score (nSPS) is 18.0. The molecule has 1 amide bonds. The monoisotopic (exact) mass is 485 g/mol. The number of nitrogens with one attached hydrogen (secondary N) is 1. The Morgan fingerprint density at radius 3 is 1.79 bits per heavy atom. The lowest BCUT2D eigenvalue weighted by molar-refractivity contribution is 0.0666. The molecule has 2 atom stereocenters. The van der Waals surface area contributed by atoms with Crippen LogP contribution in [0.25, 0.3) is 22.5 Å². The first-order valence-corrected chi connectivity index (χ1v) is 11.2. The number of carboxylic acids is 1. The number of aliphatic hydroxyl groups excluding tert-OH is 1. The predicted octanol–water partition coefficient (Wildman–Crippen LogP) is 4.85. The summed E-state index contributed by atoms with van der Waals surface area (Å²) in [6, 6.07) is 13.1. The molecule has 0 unspecified atom stereocenters. The summed E-state index contributed by atoms with van der Waals surface area (Å²) in [5, 5.41) is 23.8. The molecule has 3 N–H and O–H groups in total. The van der Waals surface area contributed by atoms with Gasteiger partial charge in [0.25, 0.3) is 5.91 Å². The Morgan fingerprint density at radius 2 is 1.30 bits per heavy atom. The Labute approximate surface area is 200 Å². The molecule has 0 radical (unpaired) electrons. The maximum absolute atomic E-state index is 13.1. The molecule has 0 aliphatic heterocycles. The lowest BCUT2D eigenvalue weighted by Gasteiger charge is -2.28. The number of rotatable bonds is 5. The zero-order valence-corrected chi connectivity index (χ0v) is 19.0. The summed E-state index contributed by atoms with van der Waals surface area (Å²) in [5.41, 5.74) is 1.03. The number of carboxylic acid groups (broad SMARTS) is 1. The van der Waals surface area contributed by atoms with E-state index in [0.717, 1.165) is 12.8 Å². The van der Waals surface area contributed by atoms with Gasteiger partial charge in [0, 0.05) is 21.2 Å². The van der Waals surface area contributed by atoms with Crippen molar-refractivity contribution in [3.8, 4) is 22.5 Å². The van der Waals surface area contributed by atoms with Crippen LogP contribution in [-0.2, 0) is 0 Å². The number of aromatic nitrogens is 2. The number of nitrogens with zero attached hydrogens (tertiary/aromatic N) is 2. The maximum Gasteiger partial charge on any atom is 0.357 e. The second kappa shape index (κ2) is 9.87.